The summed E-state index contributed by atoms with van der Waals surface area (Å²) in [5.74, 6) is 0.184. The highest BCUT2D eigenvalue weighted by atomic mass is 79.9. The second-order valence-electron chi connectivity index (χ2n) is 5.60. The van der Waals surface area contributed by atoms with E-state index in [4.69, 9.17) is 9.47 Å². The molecule has 0 aromatic heterocycles. The van der Waals surface area contributed by atoms with Crippen molar-refractivity contribution in [2.45, 2.75) is 13.3 Å². The lowest BCUT2D eigenvalue weighted by Crippen LogP contribution is -2.19. The number of nitrogens with one attached hydrogen (secondary N) is 1. The van der Waals surface area contributed by atoms with Gasteiger partial charge in [-0.2, -0.15) is 5.10 Å². The van der Waals surface area contributed by atoms with Crippen LogP contribution in [0.3, 0.4) is 0 Å². The molecule has 0 atom stereocenters. The predicted molar refractivity (Wildman–Crippen MR) is 109 cm³/mol. The van der Waals surface area contributed by atoms with Crippen LogP contribution in [0.1, 0.15) is 18.1 Å². The zero-order chi connectivity index (χ0) is 20.4. The van der Waals surface area contributed by atoms with E-state index in [0.717, 1.165) is 10.0 Å². The Morgan fingerprint density at radius 1 is 1.11 bits per heavy atom. The van der Waals surface area contributed by atoms with E-state index in [2.05, 4.69) is 31.2 Å². The van der Waals surface area contributed by atoms with Crippen molar-refractivity contribution in [3.8, 4) is 11.5 Å². The molecule has 148 valence electrons. The second-order valence-corrected chi connectivity index (χ2v) is 6.52. The number of nitrogens with zero attached hydrogens (tertiary/aromatic N) is 1. The molecule has 0 saturated carbocycles. The van der Waals surface area contributed by atoms with Crippen LogP contribution in [-0.2, 0) is 20.7 Å². The van der Waals surface area contributed by atoms with E-state index in [0.29, 0.717) is 23.7 Å². The van der Waals surface area contributed by atoms with Gasteiger partial charge in [0.05, 0.1) is 26.4 Å². The third-order valence-electron chi connectivity index (χ3n) is 3.52. The molecule has 0 bridgehead atoms. The molecule has 0 heterocycles. The van der Waals surface area contributed by atoms with Gasteiger partial charge in [-0.05, 0) is 48.4 Å². The molecule has 1 amide bonds. The van der Waals surface area contributed by atoms with Gasteiger partial charge in [-0.15, -0.1) is 0 Å². The third kappa shape index (κ3) is 7.03. The average Bonchev–Trinajstić information content (AvgIpc) is 2.69. The van der Waals surface area contributed by atoms with Crippen LogP contribution < -0.4 is 14.9 Å². The molecule has 7 nitrogen and oxygen atoms in total. The van der Waals surface area contributed by atoms with Crippen molar-refractivity contribution < 1.29 is 23.8 Å². The molecule has 0 spiro atoms. The van der Waals surface area contributed by atoms with E-state index < -0.39 is 5.97 Å². The molecule has 2 aromatic rings. The average molecular weight is 449 g/mol. The first kappa shape index (κ1) is 21.4. The van der Waals surface area contributed by atoms with E-state index in [9.17, 15) is 9.59 Å². The van der Waals surface area contributed by atoms with Crippen LogP contribution in [0.4, 0.5) is 0 Å². The van der Waals surface area contributed by atoms with Crippen molar-refractivity contribution in [3.63, 3.8) is 0 Å². The van der Waals surface area contributed by atoms with Gasteiger partial charge in [0.2, 0.25) is 5.91 Å². The molecule has 0 saturated heterocycles. The fraction of sp³-hybridized carbons (Fsp3) is 0.250. The van der Waals surface area contributed by atoms with Gasteiger partial charge in [0.1, 0.15) is 0 Å². The number of halogens is 1. The van der Waals surface area contributed by atoms with E-state index >= 15 is 0 Å². The highest BCUT2D eigenvalue weighted by Gasteiger charge is 2.09. The van der Waals surface area contributed by atoms with Crippen LogP contribution in [0.25, 0.3) is 0 Å². The standard InChI is InChI=1S/C20H21BrN2O5/c1-3-27-18-10-15(6-9-17(18)28-13-20(25)26-2)12-22-23-19(24)11-14-4-7-16(21)8-5-14/h4-10,12H,3,11,13H2,1-2H3,(H,23,24)/b22-12+. The topological polar surface area (TPSA) is 86.2 Å². The monoisotopic (exact) mass is 448 g/mol. The fourth-order valence-corrected chi connectivity index (χ4v) is 2.46. The molecule has 0 radical (unpaired) electrons. The highest BCUT2D eigenvalue weighted by Crippen LogP contribution is 2.28. The van der Waals surface area contributed by atoms with Gasteiger partial charge < -0.3 is 14.2 Å². The predicted octanol–water partition coefficient (Wildman–Crippen LogP) is 3.09. The third-order valence-corrected chi connectivity index (χ3v) is 4.05. The van der Waals surface area contributed by atoms with Gasteiger partial charge in [-0.25, -0.2) is 10.2 Å². The van der Waals surface area contributed by atoms with Crippen molar-refractivity contribution >= 4 is 34.0 Å². The Morgan fingerprint density at radius 3 is 2.54 bits per heavy atom. The van der Waals surface area contributed by atoms with Crippen LogP contribution in [0.15, 0.2) is 52.0 Å². The summed E-state index contributed by atoms with van der Waals surface area (Å²) in [7, 11) is 1.29. The van der Waals surface area contributed by atoms with Crippen molar-refractivity contribution in [1.82, 2.24) is 5.43 Å². The van der Waals surface area contributed by atoms with Gasteiger partial charge in [-0.3, -0.25) is 4.79 Å². The molecule has 0 aliphatic carbocycles. The van der Waals surface area contributed by atoms with E-state index in [1.165, 1.54) is 13.3 Å². The second kappa shape index (κ2) is 11.1. The molecule has 0 aliphatic rings. The van der Waals surface area contributed by atoms with Crippen LogP contribution in [-0.4, -0.2) is 38.4 Å². The van der Waals surface area contributed by atoms with Crippen LogP contribution in [0, 0.1) is 0 Å². The minimum absolute atomic E-state index is 0.212. The maximum atomic E-state index is 12.0. The Balaban J connectivity index is 1.96. The minimum atomic E-state index is -0.485. The van der Waals surface area contributed by atoms with Crippen molar-refractivity contribution in [2.75, 3.05) is 20.3 Å². The number of hydrogen-bond donors (Lipinski definition) is 1. The van der Waals surface area contributed by atoms with Crippen LogP contribution >= 0.6 is 15.9 Å². The minimum Gasteiger partial charge on any atom is -0.490 e. The van der Waals surface area contributed by atoms with Gasteiger partial charge in [0, 0.05) is 4.47 Å². The Kier molecular flexibility index (Phi) is 8.48. The molecule has 2 aromatic carbocycles. The number of esters is 1. The maximum Gasteiger partial charge on any atom is 0.343 e. The Morgan fingerprint density at radius 2 is 1.86 bits per heavy atom. The molecule has 2 rings (SSSR count). The van der Waals surface area contributed by atoms with Gasteiger partial charge in [0.15, 0.2) is 18.1 Å². The van der Waals surface area contributed by atoms with Gasteiger partial charge in [-0.1, -0.05) is 28.1 Å². The number of amides is 1. The molecule has 0 fully saturated rings. The Labute approximate surface area is 171 Å². The highest BCUT2D eigenvalue weighted by molar-refractivity contribution is 9.10. The summed E-state index contributed by atoms with van der Waals surface area (Å²) in [5, 5.41) is 3.97. The normalized spacial score (nSPS) is 10.5. The van der Waals surface area contributed by atoms with Crippen LogP contribution in [0.2, 0.25) is 0 Å². The quantitative estimate of drug-likeness (QED) is 0.361. The number of rotatable bonds is 9. The van der Waals surface area contributed by atoms with E-state index in [1.54, 1.807) is 18.2 Å². The summed E-state index contributed by atoms with van der Waals surface area (Å²) in [4.78, 5) is 23.2. The Bertz CT molecular complexity index is 837. The molecule has 8 heteroatoms. The zero-order valence-electron chi connectivity index (χ0n) is 15.6. The number of benzene rings is 2. The summed E-state index contributed by atoms with van der Waals surface area (Å²) in [5.41, 5.74) is 4.09. The van der Waals surface area contributed by atoms with Crippen LogP contribution in [0.5, 0.6) is 11.5 Å². The number of methoxy groups -OCH3 is 1. The zero-order valence-corrected chi connectivity index (χ0v) is 17.2. The summed E-state index contributed by atoms with van der Waals surface area (Å²) < 4.78 is 16.4. The first-order valence-corrected chi connectivity index (χ1v) is 9.34. The van der Waals surface area contributed by atoms with Crippen molar-refractivity contribution in [1.29, 1.82) is 0 Å². The fourth-order valence-electron chi connectivity index (χ4n) is 2.19. The number of hydrogen-bond acceptors (Lipinski definition) is 6. The largest absolute Gasteiger partial charge is 0.490 e. The Hall–Kier alpha value is -2.87. The number of carbonyl (C=O) groups excluding carboxylic acids is 2. The van der Waals surface area contributed by atoms with Gasteiger partial charge in [0.25, 0.3) is 0 Å². The molecule has 0 aliphatic heterocycles. The molecular formula is C20H21BrN2O5. The lowest BCUT2D eigenvalue weighted by Gasteiger charge is -2.11. The number of hydrazone groups is 1. The number of carbonyl (C=O) groups is 2. The first-order chi connectivity index (χ1) is 13.5. The SMILES string of the molecule is CCOc1cc(/C=N/NC(=O)Cc2ccc(Br)cc2)ccc1OCC(=O)OC. The molecule has 0 unspecified atom stereocenters. The molecular weight excluding hydrogens is 428 g/mol. The molecule has 28 heavy (non-hydrogen) atoms. The van der Waals surface area contributed by atoms with Crippen molar-refractivity contribution in [3.05, 3.63) is 58.1 Å². The summed E-state index contributed by atoms with van der Waals surface area (Å²) in [6.45, 7) is 2.06. The summed E-state index contributed by atoms with van der Waals surface area (Å²) >= 11 is 3.36. The lowest BCUT2D eigenvalue weighted by molar-refractivity contribution is -0.142. The summed E-state index contributed by atoms with van der Waals surface area (Å²) in [6, 6.07) is 12.6. The van der Waals surface area contributed by atoms with Crippen molar-refractivity contribution in [2.24, 2.45) is 5.10 Å². The number of ether oxygens (including phenoxy) is 3. The van der Waals surface area contributed by atoms with E-state index in [-0.39, 0.29) is 18.9 Å². The van der Waals surface area contributed by atoms with Gasteiger partial charge >= 0.3 is 5.97 Å². The first-order valence-electron chi connectivity index (χ1n) is 8.54. The summed E-state index contributed by atoms with van der Waals surface area (Å²) in [6.07, 6.45) is 1.74. The smallest absolute Gasteiger partial charge is 0.343 e. The maximum absolute atomic E-state index is 12.0. The van der Waals surface area contributed by atoms with E-state index in [1.807, 2.05) is 31.2 Å². The lowest BCUT2D eigenvalue weighted by atomic mass is 10.1. The molecule has 1 N–H and O–H groups in total.